The number of hydrogen-bond donors (Lipinski definition) is 2. The topological polar surface area (TPSA) is 61.8 Å². The fourth-order valence-corrected chi connectivity index (χ4v) is 4.35. The number of para-hydroxylation sites is 1. The van der Waals surface area contributed by atoms with E-state index in [0.29, 0.717) is 18.0 Å². The first kappa shape index (κ1) is 24.6. The Kier molecular flexibility index (Phi) is 9.63. The summed E-state index contributed by atoms with van der Waals surface area (Å²) in [5, 5.41) is 15.4. The minimum Gasteiger partial charge on any atom is -0.478 e. The largest absolute Gasteiger partial charge is 0.478 e. The molecule has 0 spiro atoms. The fraction of sp³-hybridized carbons (Fsp3) is 0.370. The van der Waals surface area contributed by atoms with E-state index in [0.717, 1.165) is 56.6 Å². The molecular formula is C27H34N2O3S. The van der Waals surface area contributed by atoms with E-state index in [2.05, 4.69) is 35.5 Å². The molecule has 3 rings (SSSR count). The number of thiophene rings is 1. The van der Waals surface area contributed by atoms with Crippen molar-refractivity contribution in [3.05, 3.63) is 70.4 Å². The number of nitrogens with one attached hydrogen (secondary N) is 1. The third-order valence-corrected chi connectivity index (χ3v) is 6.39. The molecule has 6 heteroatoms. The zero-order valence-electron chi connectivity index (χ0n) is 19.5. The van der Waals surface area contributed by atoms with Crippen molar-refractivity contribution in [3.63, 3.8) is 0 Å². The number of benzene rings is 2. The van der Waals surface area contributed by atoms with Crippen molar-refractivity contribution in [2.75, 3.05) is 29.9 Å². The molecule has 0 bridgehead atoms. The van der Waals surface area contributed by atoms with Crippen LogP contribution in [0.3, 0.4) is 0 Å². The minimum atomic E-state index is -0.935. The zero-order chi connectivity index (χ0) is 23.5. The number of unbranched alkanes of at least 4 members (excludes halogenated alkanes) is 2. The van der Waals surface area contributed by atoms with Crippen LogP contribution in [0.15, 0.2) is 60.0 Å². The summed E-state index contributed by atoms with van der Waals surface area (Å²) in [6.45, 7) is 6.76. The molecule has 1 aromatic heterocycles. The van der Waals surface area contributed by atoms with E-state index in [9.17, 15) is 9.90 Å². The lowest BCUT2D eigenvalue weighted by Crippen LogP contribution is -2.26. The molecular weight excluding hydrogens is 432 g/mol. The van der Waals surface area contributed by atoms with Gasteiger partial charge in [0, 0.05) is 24.5 Å². The summed E-state index contributed by atoms with van der Waals surface area (Å²) in [5.41, 5.74) is 1.81. The molecule has 2 N–H and O–H groups in total. The smallest absolute Gasteiger partial charge is 0.335 e. The highest BCUT2D eigenvalue weighted by atomic mass is 32.1. The molecule has 0 unspecified atom stereocenters. The molecule has 0 amide bonds. The summed E-state index contributed by atoms with van der Waals surface area (Å²) in [7, 11) is 0. The Balaban J connectivity index is 2.01. The van der Waals surface area contributed by atoms with Crippen molar-refractivity contribution in [1.29, 1.82) is 0 Å². The van der Waals surface area contributed by atoms with Crippen LogP contribution in [0.1, 0.15) is 54.8 Å². The molecule has 0 fully saturated rings. The number of nitrogens with zero attached hydrogens (tertiary/aromatic N) is 1. The molecule has 0 aliphatic heterocycles. The first-order chi connectivity index (χ1) is 16.1. The fourth-order valence-electron chi connectivity index (χ4n) is 3.64. The normalized spacial score (nSPS) is 10.7. The third-order valence-electron chi connectivity index (χ3n) is 5.45. The Bertz CT molecular complexity index is 982. The van der Waals surface area contributed by atoms with Crippen molar-refractivity contribution < 1.29 is 14.6 Å². The van der Waals surface area contributed by atoms with E-state index in [1.54, 1.807) is 23.5 Å². The van der Waals surface area contributed by atoms with Crippen LogP contribution in [0.4, 0.5) is 11.4 Å². The van der Waals surface area contributed by atoms with E-state index in [4.69, 9.17) is 4.74 Å². The van der Waals surface area contributed by atoms with Crippen LogP contribution in [-0.4, -0.2) is 30.7 Å². The van der Waals surface area contributed by atoms with Crippen LogP contribution in [0.5, 0.6) is 11.5 Å². The van der Waals surface area contributed by atoms with Crippen LogP contribution in [-0.2, 0) is 6.42 Å². The second-order valence-electron chi connectivity index (χ2n) is 8.04. The Hall–Kier alpha value is -2.99. The molecule has 33 heavy (non-hydrogen) atoms. The first-order valence-electron chi connectivity index (χ1n) is 11.8. The van der Waals surface area contributed by atoms with Gasteiger partial charge in [-0.25, -0.2) is 4.79 Å². The van der Waals surface area contributed by atoms with Gasteiger partial charge < -0.3 is 20.1 Å². The van der Waals surface area contributed by atoms with Crippen molar-refractivity contribution >= 4 is 28.7 Å². The maximum absolute atomic E-state index is 12.0. The van der Waals surface area contributed by atoms with Gasteiger partial charge in [-0.3, -0.25) is 0 Å². The molecule has 0 saturated heterocycles. The van der Waals surface area contributed by atoms with Gasteiger partial charge in [-0.2, -0.15) is 0 Å². The van der Waals surface area contributed by atoms with Crippen molar-refractivity contribution in [3.8, 4) is 11.5 Å². The summed E-state index contributed by atoms with van der Waals surface area (Å²) in [6.07, 6.45) is 5.08. The van der Waals surface area contributed by atoms with Crippen LogP contribution >= 0.6 is 11.3 Å². The average Bonchev–Trinajstić information content (AvgIpc) is 3.34. The maximum Gasteiger partial charge on any atom is 0.335 e. The van der Waals surface area contributed by atoms with Gasteiger partial charge in [0.15, 0.2) is 5.75 Å². The van der Waals surface area contributed by atoms with E-state index < -0.39 is 5.97 Å². The highest BCUT2D eigenvalue weighted by Crippen LogP contribution is 2.41. The molecule has 0 aliphatic rings. The van der Waals surface area contributed by atoms with Crippen LogP contribution in [0, 0.1) is 0 Å². The maximum atomic E-state index is 12.0. The summed E-state index contributed by atoms with van der Waals surface area (Å²) in [5.74, 6) is 0.480. The van der Waals surface area contributed by atoms with E-state index in [-0.39, 0.29) is 5.56 Å². The molecule has 3 aromatic rings. The number of aromatic carboxylic acids is 1. The lowest BCUT2D eigenvalue weighted by molar-refractivity contribution is 0.0697. The summed E-state index contributed by atoms with van der Waals surface area (Å²) in [6, 6.07) is 17.3. The Morgan fingerprint density at radius 3 is 2.36 bits per heavy atom. The second-order valence-corrected chi connectivity index (χ2v) is 9.07. The van der Waals surface area contributed by atoms with Crippen LogP contribution in [0.2, 0.25) is 0 Å². The molecule has 2 aromatic carbocycles. The predicted octanol–water partition coefficient (Wildman–Crippen LogP) is 7.30. The average molecular weight is 467 g/mol. The molecule has 0 aliphatic carbocycles. The lowest BCUT2D eigenvalue weighted by Gasteiger charge is -2.28. The number of carbonyl (C=O) groups is 1. The van der Waals surface area contributed by atoms with Gasteiger partial charge >= 0.3 is 5.97 Å². The Labute approximate surface area is 201 Å². The second kappa shape index (κ2) is 12.9. The number of ether oxygens (including phenoxy) is 1. The van der Waals surface area contributed by atoms with Gasteiger partial charge in [-0.15, -0.1) is 11.3 Å². The van der Waals surface area contributed by atoms with Crippen LogP contribution < -0.4 is 15.0 Å². The van der Waals surface area contributed by atoms with Crippen molar-refractivity contribution in [2.24, 2.45) is 0 Å². The molecule has 5 nitrogen and oxygen atoms in total. The number of anilines is 2. The molecule has 0 atom stereocenters. The molecule has 0 radical (unpaired) electrons. The highest BCUT2D eigenvalue weighted by Gasteiger charge is 2.21. The van der Waals surface area contributed by atoms with E-state index in [1.807, 2.05) is 36.4 Å². The lowest BCUT2D eigenvalue weighted by atomic mass is 10.1. The quantitative estimate of drug-likeness (QED) is 0.261. The first-order valence-corrected chi connectivity index (χ1v) is 12.7. The minimum absolute atomic E-state index is 0.266. The van der Waals surface area contributed by atoms with Gasteiger partial charge in [-0.05, 0) is 55.0 Å². The molecule has 0 saturated carbocycles. The van der Waals surface area contributed by atoms with Crippen molar-refractivity contribution in [1.82, 2.24) is 0 Å². The van der Waals surface area contributed by atoms with Crippen LogP contribution in [0.25, 0.3) is 0 Å². The zero-order valence-corrected chi connectivity index (χ0v) is 20.4. The summed E-state index contributed by atoms with van der Waals surface area (Å²) in [4.78, 5) is 15.6. The Morgan fingerprint density at radius 1 is 1.03 bits per heavy atom. The third kappa shape index (κ3) is 7.26. The van der Waals surface area contributed by atoms with Gasteiger partial charge in [0.25, 0.3) is 0 Å². The molecule has 176 valence electrons. The van der Waals surface area contributed by atoms with E-state index >= 15 is 0 Å². The number of carboxylic acids is 1. The van der Waals surface area contributed by atoms with Gasteiger partial charge in [0.2, 0.25) is 0 Å². The van der Waals surface area contributed by atoms with E-state index in [1.165, 1.54) is 4.88 Å². The van der Waals surface area contributed by atoms with Gasteiger partial charge in [0.05, 0.1) is 16.9 Å². The molecule has 1 heterocycles. The predicted molar refractivity (Wildman–Crippen MR) is 138 cm³/mol. The van der Waals surface area contributed by atoms with Crippen molar-refractivity contribution in [2.45, 2.75) is 46.0 Å². The summed E-state index contributed by atoms with van der Waals surface area (Å²) >= 11 is 1.73. The number of hydrogen-bond acceptors (Lipinski definition) is 5. The number of rotatable bonds is 14. The standard InChI is InChI=1S/C27H34N2O3S/c1-3-5-16-29(17-6-4-2)25-20-21(27(30)31)19-24(28-15-14-23-13-10-18-33-23)26(25)32-22-11-8-7-9-12-22/h7-13,18-20,28H,3-6,14-17H2,1-2H3,(H,30,31). The summed E-state index contributed by atoms with van der Waals surface area (Å²) < 4.78 is 6.41. The Morgan fingerprint density at radius 2 is 1.76 bits per heavy atom. The van der Waals surface area contributed by atoms with Gasteiger partial charge in [0.1, 0.15) is 5.75 Å². The monoisotopic (exact) mass is 466 g/mol. The SMILES string of the molecule is CCCCN(CCCC)c1cc(C(=O)O)cc(NCCc2cccs2)c1Oc1ccccc1. The van der Waals surface area contributed by atoms with Gasteiger partial charge in [-0.1, -0.05) is 51.0 Å². The highest BCUT2D eigenvalue weighted by molar-refractivity contribution is 7.09. The number of carboxylic acid groups (broad SMARTS) is 1.